The summed E-state index contributed by atoms with van der Waals surface area (Å²) in [5.74, 6) is 0.186. The maximum absolute atomic E-state index is 12.3. The van der Waals surface area contributed by atoms with Gasteiger partial charge in [0.2, 0.25) is 0 Å². The summed E-state index contributed by atoms with van der Waals surface area (Å²) in [7, 11) is 0. The molecule has 3 rings (SSSR count). The smallest absolute Gasteiger partial charge is 0.252 e. The van der Waals surface area contributed by atoms with Crippen LogP contribution < -0.4 is 15.4 Å². The Balaban J connectivity index is 1.44. The van der Waals surface area contributed by atoms with Gasteiger partial charge >= 0.3 is 0 Å². The molecule has 3 aromatic rings. The van der Waals surface area contributed by atoms with E-state index in [1.54, 1.807) is 30.3 Å². The van der Waals surface area contributed by atoms with Crippen LogP contribution in [0.5, 0.6) is 5.75 Å². The van der Waals surface area contributed by atoms with Crippen LogP contribution in [-0.2, 0) is 6.61 Å². The van der Waals surface area contributed by atoms with Crippen LogP contribution in [0.3, 0.4) is 0 Å². The minimum Gasteiger partial charge on any atom is -0.489 e. The summed E-state index contributed by atoms with van der Waals surface area (Å²) in [5.41, 5.74) is 2.90. The van der Waals surface area contributed by atoms with Crippen molar-refractivity contribution in [2.45, 2.75) is 13.5 Å². The monoisotopic (exact) mass is 389 g/mol. The van der Waals surface area contributed by atoms with Crippen molar-refractivity contribution in [1.29, 1.82) is 0 Å². The van der Waals surface area contributed by atoms with Gasteiger partial charge in [0, 0.05) is 30.5 Å². The van der Waals surface area contributed by atoms with Crippen LogP contribution in [0, 0.1) is 6.92 Å². The van der Waals surface area contributed by atoms with Gasteiger partial charge in [0.1, 0.15) is 12.4 Å². The molecule has 0 bridgehead atoms. The third-order valence-corrected chi connectivity index (χ3v) is 4.21. The Hall–Kier alpha value is -3.67. The molecule has 0 saturated carbocycles. The molecule has 0 atom stereocenters. The first kappa shape index (κ1) is 20.1. The van der Waals surface area contributed by atoms with Crippen molar-refractivity contribution < 1.29 is 14.3 Å². The highest BCUT2D eigenvalue weighted by Gasteiger charge is 2.08. The summed E-state index contributed by atoms with van der Waals surface area (Å²) in [5, 5.41) is 5.55. The van der Waals surface area contributed by atoms with Crippen LogP contribution in [0.4, 0.5) is 0 Å². The largest absolute Gasteiger partial charge is 0.489 e. The van der Waals surface area contributed by atoms with E-state index in [0.717, 1.165) is 11.3 Å². The van der Waals surface area contributed by atoms with Gasteiger partial charge in [-0.05, 0) is 42.8 Å². The van der Waals surface area contributed by atoms with Crippen molar-refractivity contribution in [2.24, 2.45) is 0 Å². The highest BCUT2D eigenvalue weighted by atomic mass is 16.5. The lowest BCUT2D eigenvalue weighted by Crippen LogP contribution is -2.34. The molecule has 2 N–H and O–H groups in total. The van der Waals surface area contributed by atoms with E-state index in [0.29, 0.717) is 36.6 Å². The van der Waals surface area contributed by atoms with Crippen LogP contribution in [0.2, 0.25) is 0 Å². The van der Waals surface area contributed by atoms with E-state index in [2.05, 4.69) is 15.6 Å². The molecule has 2 amide bonds. The molecule has 0 spiro atoms. The molecule has 29 heavy (non-hydrogen) atoms. The van der Waals surface area contributed by atoms with Crippen molar-refractivity contribution in [2.75, 3.05) is 13.1 Å². The van der Waals surface area contributed by atoms with Gasteiger partial charge < -0.3 is 15.4 Å². The number of amides is 2. The van der Waals surface area contributed by atoms with Crippen LogP contribution in [0.25, 0.3) is 0 Å². The standard InChI is InChI=1S/C23H23N3O3/c1-17-10-11-20(15-26-17)23(28)25-13-12-24-22(27)19-8-5-9-21(14-19)29-16-18-6-3-2-4-7-18/h2-11,14-15H,12-13,16H2,1H3,(H,24,27)(H,25,28). The lowest BCUT2D eigenvalue weighted by atomic mass is 10.2. The second-order valence-electron chi connectivity index (χ2n) is 6.50. The normalized spacial score (nSPS) is 10.2. The second-order valence-corrected chi connectivity index (χ2v) is 6.50. The molecule has 1 heterocycles. The Morgan fingerprint density at radius 3 is 2.28 bits per heavy atom. The van der Waals surface area contributed by atoms with Crippen molar-refractivity contribution in [1.82, 2.24) is 15.6 Å². The summed E-state index contributed by atoms with van der Waals surface area (Å²) >= 11 is 0. The molecule has 2 aromatic carbocycles. The molecule has 1 aromatic heterocycles. The molecule has 6 nitrogen and oxygen atoms in total. The quantitative estimate of drug-likeness (QED) is 0.580. The van der Waals surface area contributed by atoms with E-state index in [1.807, 2.05) is 43.3 Å². The van der Waals surface area contributed by atoms with Gasteiger partial charge in [0.25, 0.3) is 11.8 Å². The lowest BCUT2D eigenvalue weighted by molar-refractivity contribution is 0.0927. The van der Waals surface area contributed by atoms with Crippen LogP contribution in [-0.4, -0.2) is 29.9 Å². The number of nitrogens with zero attached hydrogens (tertiary/aromatic N) is 1. The topological polar surface area (TPSA) is 80.3 Å². The van der Waals surface area contributed by atoms with Crippen molar-refractivity contribution in [3.63, 3.8) is 0 Å². The number of carbonyl (C=O) groups is 2. The Morgan fingerprint density at radius 2 is 1.59 bits per heavy atom. The van der Waals surface area contributed by atoms with Gasteiger partial charge in [-0.1, -0.05) is 36.4 Å². The number of hydrogen-bond donors (Lipinski definition) is 2. The summed E-state index contributed by atoms with van der Waals surface area (Å²) < 4.78 is 5.75. The van der Waals surface area contributed by atoms with E-state index in [-0.39, 0.29) is 11.8 Å². The van der Waals surface area contributed by atoms with Gasteiger partial charge in [0.15, 0.2) is 0 Å². The van der Waals surface area contributed by atoms with Gasteiger partial charge in [-0.15, -0.1) is 0 Å². The molecular formula is C23H23N3O3. The third-order valence-electron chi connectivity index (χ3n) is 4.21. The highest BCUT2D eigenvalue weighted by molar-refractivity contribution is 5.95. The molecule has 0 aliphatic heterocycles. The van der Waals surface area contributed by atoms with E-state index < -0.39 is 0 Å². The predicted molar refractivity (Wildman–Crippen MR) is 111 cm³/mol. The highest BCUT2D eigenvalue weighted by Crippen LogP contribution is 2.15. The van der Waals surface area contributed by atoms with Crippen molar-refractivity contribution >= 4 is 11.8 Å². The molecule has 6 heteroatoms. The van der Waals surface area contributed by atoms with Gasteiger partial charge in [0.05, 0.1) is 5.56 Å². The van der Waals surface area contributed by atoms with Crippen molar-refractivity contribution in [3.8, 4) is 5.75 Å². The molecule has 0 saturated heterocycles. The minimum atomic E-state index is -0.221. The average Bonchev–Trinajstić information content (AvgIpc) is 2.76. The number of aryl methyl sites for hydroxylation is 1. The second kappa shape index (κ2) is 10.0. The maximum Gasteiger partial charge on any atom is 0.252 e. The zero-order chi connectivity index (χ0) is 20.5. The average molecular weight is 389 g/mol. The number of ether oxygens (including phenoxy) is 1. The summed E-state index contributed by atoms with van der Waals surface area (Å²) in [6.07, 6.45) is 1.53. The number of aromatic nitrogens is 1. The van der Waals surface area contributed by atoms with Crippen LogP contribution >= 0.6 is 0 Å². The first-order valence-corrected chi connectivity index (χ1v) is 9.37. The first-order valence-electron chi connectivity index (χ1n) is 9.37. The maximum atomic E-state index is 12.3. The Labute approximate surface area is 169 Å². The molecule has 0 fully saturated rings. The Morgan fingerprint density at radius 1 is 0.862 bits per heavy atom. The molecular weight excluding hydrogens is 366 g/mol. The van der Waals surface area contributed by atoms with Crippen LogP contribution in [0.1, 0.15) is 32.0 Å². The summed E-state index contributed by atoms with van der Waals surface area (Å²) in [6, 6.07) is 20.4. The summed E-state index contributed by atoms with van der Waals surface area (Å²) in [4.78, 5) is 28.5. The molecule has 148 valence electrons. The number of carbonyl (C=O) groups excluding carboxylic acids is 2. The van der Waals surface area contributed by atoms with E-state index in [9.17, 15) is 9.59 Å². The van der Waals surface area contributed by atoms with Gasteiger partial charge in [-0.25, -0.2) is 0 Å². The Bertz CT molecular complexity index is 957. The Kier molecular flexibility index (Phi) is 6.95. The zero-order valence-electron chi connectivity index (χ0n) is 16.2. The number of benzene rings is 2. The zero-order valence-corrected chi connectivity index (χ0v) is 16.2. The number of pyridine rings is 1. The third kappa shape index (κ3) is 6.17. The fourth-order valence-corrected chi connectivity index (χ4v) is 2.63. The SMILES string of the molecule is Cc1ccc(C(=O)NCCNC(=O)c2cccc(OCc3ccccc3)c2)cn1. The number of hydrogen-bond acceptors (Lipinski definition) is 4. The predicted octanol–water partition coefficient (Wildman–Crippen LogP) is 3.13. The fraction of sp³-hybridized carbons (Fsp3) is 0.174. The number of rotatable bonds is 8. The number of nitrogens with one attached hydrogen (secondary N) is 2. The fourth-order valence-electron chi connectivity index (χ4n) is 2.63. The first-order chi connectivity index (χ1) is 14.1. The lowest BCUT2D eigenvalue weighted by Gasteiger charge is -2.09. The van der Waals surface area contributed by atoms with E-state index >= 15 is 0 Å². The van der Waals surface area contributed by atoms with Gasteiger partial charge in [-0.2, -0.15) is 0 Å². The minimum absolute atomic E-state index is 0.219. The molecule has 0 radical (unpaired) electrons. The van der Waals surface area contributed by atoms with E-state index in [4.69, 9.17) is 4.74 Å². The van der Waals surface area contributed by atoms with E-state index in [1.165, 1.54) is 6.20 Å². The van der Waals surface area contributed by atoms with Crippen LogP contribution in [0.15, 0.2) is 72.9 Å². The molecule has 0 unspecified atom stereocenters. The summed E-state index contributed by atoms with van der Waals surface area (Å²) in [6.45, 7) is 2.94. The molecule has 0 aliphatic rings. The molecule has 0 aliphatic carbocycles. The van der Waals surface area contributed by atoms with Gasteiger partial charge in [-0.3, -0.25) is 14.6 Å². The van der Waals surface area contributed by atoms with Crippen molar-refractivity contribution in [3.05, 3.63) is 95.3 Å².